The Morgan fingerprint density at radius 2 is 2.12 bits per heavy atom. The number of rotatable bonds is 3. The van der Waals surface area contributed by atoms with Gasteiger partial charge >= 0.3 is 5.69 Å². The van der Waals surface area contributed by atoms with Crippen LogP contribution >= 0.6 is 0 Å². The van der Waals surface area contributed by atoms with Crippen LogP contribution in [-0.2, 0) is 13.6 Å². The molecule has 1 heterocycles. The molecule has 0 saturated heterocycles. The van der Waals surface area contributed by atoms with Gasteiger partial charge in [0.2, 0.25) is 0 Å². The average molecular weight is 223 g/mol. The number of aromatic nitrogens is 2. The molecule has 0 aliphatic carbocycles. The Labute approximate surface area is 92.3 Å². The van der Waals surface area contributed by atoms with Gasteiger partial charge < -0.3 is 5.32 Å². The van der Waals surface area contributed by atoms with Crippen LogP contribution in [0.5, 0.6) is 0 Å². The minimum Gasteiger partial charge on any atom is -0.318 e. The number of hydrogen-bond acceptors (Lipinski definition) is 2. The lowest BCUT2D eigenvalue weighted by molar-refractivity contribution is 0.617. The number of hydrogen-bond donors (Lipinski definition) is 1. The Hall–Kier alpha value is -1.62. The summed E-state index contributed by atoms with van der Waals surface area (Å²) >= 11 is 0. The summed E-state index contributed by atoms with van der Waals surface area (Å²) in [5.74, 6) is -0.323. The van der Waals surface area contributed by atoms with E-state index in [0.717, 1.165) is 5.52 Å². The molecule has 4 nitrogen and oxygen atoms in total. The molecule has 0 fully saturated rings. The van der Waals surface area contributed by atoms with Gasteiger partial charge in [-0.1, -0.05) is 0 Å². The van der Waals surface area contributed by atoms with Gasteiger partial charge in [0.25, 0.3) is 0 Å². The fraction of sp³-hybridized carbons (Fsp3) is 0.364. The van der Waals surface area contributed by atoms with E-state index in [2.05, 4.69) is 5.32 Å². The van der Waals surface area contributed by atoms with Crippen molar-refractivity contribution in [2.24, 2.45) is 7.05 Å². The first-order valence-electron chi connectivity index (χ1n) is 5.14. The summed E-state index contributed by atoms with van der Waals surface area (Å²) in [5.41, 5.74) is 1.28. The normalized spacial score (nSPS) is 11.2. The van der Waals surface area contributed by atoms with Crippen LogP contribution in [0.25, 0.3) is 11.0 Å². The predicted octanol–water partition coefficient (Wildman–Crippen LogP) is 0.698. The molecule has 86 valence electrons. The van der Waals surface area contributed by atoms with Crippen LogP contribution in [0.4, 0.5) is 4.39 Å². The number of imidazole rings is 1. The van der Waals surface area contributed by atoms with Gasteiger partial charge in [-0.15, -0.1) is 0 Å². The van der Waals surface area contributed by atoms with E-state index in [1.807, 2.05) is 7.05 Å². The molecule has 16 heavy (non-hydrogen) atoms. The van der Waals surface area contributed by atoms with Crippen LogP contribution in [0.2, 0.25) is 0 Å². The van der Waals surface area contributed by atoms with E-state index in [-0.39, 0.29) is 11.5 Å². The highest BCUT2D eigenvalue weighted by molar-refractivity contribution is 5.76. The van der Waals surface area contributed by atoms with Crippen molar-refractivity contribution in [3.8, 4) is 0 Å². The third kappa shape index (κ3) is 1.63. The zero-order valence-electron chi connectivity index (χ0n) is 9.33. The summed E-state index contributed by atoms with van der Waals surface area (Å²) in [6, 6.07) is 4.39. The topological polar surface area (TPSA) is 39.0 Å². The zero-order valence-corrected chi connectivity index (χ0v) is 9.33. The Bertz CT molecular complexity index is 570. The predicted molar refractivity (Wildman–Crippen MR) is 61.1 cm³/mol. The van der Waals surface area contributed by atoms with Crippen LogP contribution < -0.4 is 11.0 Å². The maximum absolute atomic E-state index is 13.1. The second-order valence-corrected chi connectivity index (χ2v) is 3.73. The molecule has 0 unspecified atom stereocenters. The third-order valence-electron chi connectivity index (χ3n) is 2.69. The van der Waals surface area contributed by atoms with Gasteiger partial charge in [0.05, 0.1) is 11.0 Å². The molecule has 0 aliphatic heterocycles. The quantitative estimate of drug-likeness (QED) is 0.832. The van der Waals surface area contributed by atoms with Crippen LogP contribution in [0.15, 0.2) is 23.0 Å². The molecule has 2 rings (SSSR count). The largest absolute Gasteiger partial charge is 0.328 e. The van der Waals surface area contributed by atoms with Crippen molar-refractivity contribution in [1.29, 1.82) is 0 Å². The van der Waals surface area contributed by atoms with Crippen LogP contribution in [0, 0.1) is 5.82 Å². The molecule has 1 aromatic heterocycles. The monoisotopic (exact) mass is 223 g/mol. The standard InChI is InChI=1S/C11H14FN3O/c1-13-5-6-15-10-7-8(12)3-4-9(10)14(2)11(15)16/h3-4,7,13H,5-6H2,1-2H3. The number of benzene rings is 1. The van der Waals surface area contributed by atoms with Gasteiger partial charge in [0.15, 0.2) is 0 Å². The van der Waals surface area contributed by atoms with Crippen molar-refractivity contribution in [3.63, 3.8) is 0 Å². The number of aryl methyl sites for hydroxylation is 1. The first-order chi connectivity index (χ1) is 7.65. The van der Waals surface area contributed by atoms with E-state index in [1.165, 1.54) is 16.7 Å². The van der Waals surface area contributed by atoms with Gasteiger partial charge in [-0.05, 0) is 25.2 Å². The fourth-order valence-electron chi connectivity index (χ4n) is 1.82. The van der Waals surface area contributed by atoms with Crippen molar-refractivity contribution < 1.29 is 4.39 Å². The lowest BCUT2D eigenvalue weighted by Crippen LogP contribution is -2.26. The first kappa shape index (κ1) is 10.9. The summed E-state index contributed by atoms with van der Waals surface area (Å²) < 4.78 is 16.2. The van der Waals surface area contributed by atoms with Crippen molar-refractivity contribution in [2.75, 3.05) is 13.6 Å². The lowest BCUT2D eigenvalue weighted by atomic mass is 10.3. The molecule has 0 amide bonds. The van der Waals surface area contributed by atoms with Gasteiger partial charge in [0, 0.05) is 20.1 Å². The van der Waals surface area contributed by atoms with Gasteiger partial charge in [-0.2, -0.15) is 0 Å². The molecule has 1 aromatic carbocycles. The van der Waals surface area contributed by atoms with E-state index in [0.29, 0.717) is 18.6 Å². The molecule has 1 N–H and O–H groups in total. The first-order valence-corrected chi connectivity index (χ1v) is 5.14. The van der Waals surface area contributed by atoms with Gasteiger partial charge in [-0.3, -0.25) is 9.13 Å². The molecule has 0 saturated carbocycles. The summed E-state index contributed by atoms with van der Waals surface area (Å²) in [6.45, 7) is 1.21. The van der Waals surface area contributed by atoms with E-state index in [9.17, 15) is 9.18 Å². The van der Waals surface area contributed by atoms with E-state index >= 15 is 0 Å². The van der Waals surface area contributed by atoms with E-state index in [4.69, 9.17) is 0 Å². The Morgan fingerprint density at radius 3 is 2.81 bits per heavy atom. The Morgan fingerprint density at radius 1 is 1.38 bits per heavy atom. The molecule has 0 bridgehead atoms. The van der Waals surface area contributed by atoms with Gasteiger partial charge in [0.1, 0.15) is 5.82 Å². The Kier molecular flexibility index (Phi) is 2.78. The number of fused-ring (bicyclic) bond motifs is 1. The number of nitrogens with one attached hydrogen (secondary N) is 1. The maximum Gasteiger partial charge on any atom is 0.328 e. The Balaban J connectivity index is 2.66. The van der Waals surface area contributed by atoms with Crippen molar-refractivity contribution in [1.82, 2.24) is 14.5 Å². The van der Waals surface area contributed by atoms with Crippen LogP contribution in [0.1, 0.15) is 0 Å². The van der Waals surface area contributed by atoms with Crippen LogP contribution in [0.3, 0.4) is 0 Å². The maximum atomic E-state index is 13.1. The third-order valence-corrected chi connectivity index (χ3v) is 2.69. The second kappa shape index (κ2) is 4.09. The van der Waals surface area contributed by atoms with Crippen LogP contribution in [-0.4, -0.2) is 22.7 Å². The molecule has 0 aliphatic rings. The molecular weight excluding hydrogens is 209 g/mol. The fourth-order valence-corrected chi connectivity index (χ4v) is 1.82. The van der Waals surface area contributed by atoms with Crippen molar-refractivity contribution in [3.05, 3.63) is 34.5 Å². The summed E-state index contributed by atoms with van der Waals surface area (Å²) in [4.78, 5) is 11.9. The minimum atomic E-state index is -0.323. The van der Waals surface area contributed by atoms with Crippen molar-refractivity contribution in [2.45, 2.75) is 6.54 Å². The number of nitrogens with zero attached hydrogens (tertiary/aromatic N) is 2. The highest BCUT2D eigenvalue weighted by Crippen LogP contribution is 2.13. The second-order valence-electron chi connectivity index (χ2n) is 3.73. The number of likely N-dealkylation sites (N-methyl/N-ethyl adjacent to an activating group) is 1. The molecule has 0 atom stereocenters. The summed E-state index contributed by atoms with van der Waals surface area (Å²) in [5, 5.41) is 2.97. The highest BCUT2D eigenvalue weighted by Gasteiger charge is 2.10. The minimum absolute atomic E-state index is 0.115. The van der Waals surface area contributed by atoms with E-state index < -0.39 is 0 Å². The SMILES string of the molecule is CNCCn1c(=O)n(C)c2ccc(F)cc21. The summed E-state index contributed by atoms with van der Waals surface area (Å²) in [7, 11) is 3.51. The molecule has 0 spiro atoms. The van der Waals surface area contributed by atoms with E-state index in [1.54, 1.807) is 17.7 Å². The number of halogens is 1. The smallest absolute Gasteiger partial charge is 0.318 e. The zero-order chi connectivity index (χ0) is 11.7. The average Bonchev–Trinajstić information content (AvgIpc) is 2.50. The van der Waals surface area contributed by atoms with Gasteiger partial charge in [-0.25, -0.2) is 9.18 Å². The van der Waals surface area contributed by atoms with Crippen molar-refractivity contribution >= 4 is 11.0 Å². The highest BCUT2D eigenvalue weighted by atomic mass is 19.1. The molecule has 2 aromatic rings. The molecule has 0 radical (unpaired) electrons. The molecule has 5 heteroatoms. The lowest BCUT2D eigenvalue weighted by Gasteiger charge is -2.01. The molecular formula is C11H14FN3O. The summed E-state index contributed by atoms with van der Waals surface area (Å²) in [6.07, 6.45) is 0.